The van der Waals surface area contributed by atoms with Crippen molar-refractivity contribution in [1.82, 2.24) is 4.90 Å². The van der Waals surface area contributed by atoms with E-state index in [1.54, 1.807) is 12.1 Å². The first-order chi connectivity index (χ1) is 8.65. The van der Waals surface area contributed by atoms with Gasteiger partial charge in [0.15, 0.2) is 0 Å². The molecule has 1 aromatic carbocycles. The van der Waals surface area contributed by atoms with Gasteiger partial charge < -0.3 is 15.7 Å². The Morgan fingerprint density at radius 2 is 1.94 bits per heavy atom. The molecule has 18 heavy (non-hydrogen) atoms. The molecule has 1 saturated heterocycles. The van der Waals surface area contributed by atoms with Gasteiger partial charge >= 0.3 is 0 Å². The Balaban J connectivity index is 1.77. The number of nitrogens with two attached hydrogens (primary N) is 1. The molecule has 1 heterocycles. The number of nitrogen functional groups attached to an aromatic ring is 1. The van der Waals surface area contributed by atoms with Crippen LogP contribution in [-0.4, -0.2) is 29.0 Å². The topological polar surface area (TPSA) is 66.6 Å². The van der Waals surface area contributed by atoms with E-state index >= 15 is 0 Å². The van der Waals surface area contributed by atoms with Crippen LogP contribution in [0.15, 0.2) is 18.2 Å². The van der Waals surface area contributed by atoms with Crippen molar-refractivity contribution in [3.05, 3.63) is 23.8 Å². The van der Waals surface area contributed by atoms with Gasteiger partial charge in [0.05, 0.1) is 5.69 Å². The third-order valence-electron chi connectivity index (χ3n) is 4.29. The number of aromatic hydroxyl groups is 1. The monoisotopic (exact) mass is 246 g/mol. The highest BCUT2D eigenvalue weighted by molar-refractivity contribution is 5.95. The Bertz CT molecular complexity index is 475. The van der Waals surface area contributed by atoms with Crippen molar-refractivity contribution in [2.24, 2.45) is 11.8 Å². The second-order valence-corrected chi connectivity index (χ2v) is 5.43. The number of benzene rings is 1. The van der Waals surface area contributed by atoms with E-state index in [0.717, 1.165) is 13.1 Å². The minimum atomic E-state index is -0.0137. The molecule has 2 aliphatic rings. The average molecular weight is 246 g/mol. The minimum absolute atomic E-state index is 0.0136. The van der Waals surface area contributed by atoms with Crippen LogP contribution in [0.4, 0.5) is 5.69 Å². The van der Waals surface area contributed by atoms with Crippen LogP contribution in [0.1, 0.15) is 29.6 Å². The van der Waals surface area contributed by atoms with Crippen molar-refractivity contribution in [3.63, 3.8) is 0 Å². The Hall–Kier alpha value is -1.71. The van der Waals surface area contributed by atoms with Crippen molar-refractivity contribution in [3.8, 4) is 5.75 Å². The number of hydrogen-bond acceptors (Lipinski definition) is 3. The molecule has 1 amide bonds. The quantitative estimate of drug-likeness (QED) is 0.587. The van der Waals surface area contributed by atoms with Gasteiger partial charge in [-0.2, -0.15) is 0 Å². The highest BCUT2D eigenvalue weighted by Gasteiger charge is 2.38. The molecule has 1 aromatic rings. The fourth-order valence-electron chi connectivity index (χ4n) is 3.26. The SMILES string of the molecule is Nc1ccc(C(=O)N2CC3CCCC3C2)cc1O. The van der Waals surface area contributed by atoms with Gasteiger partial charge in [-0.1, -0.05) is 6.42 Å². The smallest absolute Gasteiger partial charge is 0.254 e. The van der Waals surface area contributed by atoms with E-state index in [4.69, 9.17) is 5.73 Å². The van der Waals surface area contributed by atoms with Gasteiger partial charge in [-0.05, 0) is 42.9 Å². The van der Waals surface area contributed by atoms with Gasteiger partial charge in [-0.15, -0.1) is 0 Å². The Kier molecular flexibility index (Phi) is 2.65. The second-order valence-electron chi connectivity index (χ2n) is 5.43. The predicted octanol–water partition coefficient (Wildman–Crippen LogP) is 1.85. The van der Waals surface area contributed by atoms with Crippen molar-refractivity contribution in [1.29, 1.82) is 0 Å². The van der Waals surface area contributed by atoms with Crippen LogP contribution in [-0.2, 0) is 0 Å². The third kappa shape index (κ3) is 1.82. The van der Waals surface area contributed by atoms with Gasteiger partial charge in [0.1, 0.15) is 5.75 Å². The summed E-state index contributed by atoms with van der Waals surface area (Å²) in [5.74, 6) is 1.38. The zero-order valence-electron chi connectivity index (χ0n) is 10.3. The van der Waals surface area contributed by atoms with E-state index in [9.17, 15) is 9.90 Å². The highest BCUT2D eigenvalue weighted by atomic mass is 16.3. The summed E-state index contributed by atoms with van der Waals surface area (Å²) in [6.07, 6.45) is 3.81. The summed E-state index contributed by atoms with van der Waals surface area (Å²) in [7, 11) is 0. The summed E-state index contributed by atoms with van der Waals surface area (Å²) in [4.78, 5) is 14.2. The van der Waals surface area contributed by atoms with E-state index in [1.165, 1.54) is 25.3 Å². The van der Waals surface area contributed by atoms with Crippen LogP contribution in [0.3, 0.4) is 0 Å². The van der Waals surface area contributed by atoms with Crippen molar-refractivity contribution >= 4 is 11.6 Å². The zero-order valence-corrected chi connectivity index (χ0v) is 10.3. The lowest BCUT2D eigenvalue weighted by Gasteiger charge is -2.17. The molecular formula is C14H18N2O2. The number of amides is 1. The summed E-state index contributed by atoms with van der Waals surface area (Å²) < 4.78 is 0. The lowest BCUT2D eigenvalue weighted by Crippen LogP contribution is -2.29. The predicted molar refractivity (Wildman–Crippen MR) is 69.3 cm³/mol. The van der Waals surface area contributed by atoms with E-state index in [0.29, 0.717) is 23.1 Å². The molecule has 4 heteroatoms. The molecule has 0 spiro atoms. The molecule has 0 radical (unpaired) electrons. The highest BCUT2D eigenvalue weighted by Crippen LogP contribution is 2.38. The number of fused-ring (bicyclic) bond motifs is 1. The van der Waals surface area contributed by atoms with Crippen LogP contribution >= 0.6 is 0 Å². The number of rotatable bonds is 1. The van der Waals surface area contributed by atoms with Crippen LogP contribution in [0.5, 0.6) is 5.75 Å². The number of anilines is 1. The Labute approximate surface area is 106 Å². The molecule has 1 aliphatic carbocycles. The summed E-state index contributed by atoms with van der Waals surface area (Å²) in [5.41, 5.74) is 6.38. The van der Waals surface area contributed by atoms with Crippen LogP contribution in [0.2, 0.25) is 0 Å². The van der Waals surface area contributed by atoms with Crippen molar-refractivity contribution in [2.45, 2.75) is 19.3 Å². The molecule has 0 bridgehead atoms. The molecule has 3 N–H and O–H groups in total. The molecule has 2 unspecified atom stereocenters. The fourth-order valence-corrected chi connectivity index (χ4v) is 3.26. The van der Waals surface area contributed by atoms with E-state index in [1.807, 2.05) is 4.90 Å². The number of likely N-dealkylation sites (tertiary alicyclic amines) is 1. The first-order valence-corrected chi connectivity index (χ1v) is 6.53. The maximum atomic E-state index is 12.3. The van der Waals surface area contributed by atoms with Crippen LogP contribution in [0, 0.1) is 11.8 Å². The zero-order chi connectivity index (χ0) is 12.7. The molecule has 1 aliphatic heterocycles. The van der Waals surface area contributed by atoms with Gasteiger partial charge in [-0.3, -0.25) is 4.79 Å². The van der Waals surface area contributed by atoms with E-state index < -0.39 is 0 Å². The molecule has 2 fully saturated rings. The first kappa shape index (κ1) is 11.4. The van der Waals surface area contributed by atoms with Gasteiger partial charge in [0, 0.05) is 18.7 Å². The normalized spacial score (nSPS) is 26.3. The fraction of sp³-hybridized carbons (Fsp3) is 0.500. The van der Waals surface area contributed by atoms with Gasteiger partial charge in [-0.25, -0.2) is 0 Å². The van der Waals surface area contributed by atoms with Crippen LogP contribution in [0.25, 0.3) is 0 Å². The van der Waals surface area contributed by atoms with Gasteiger partial charge in [0.25, 0.3) is 5.91 Å². The average Bonchev–Trinajstić information content (AvgIpc) is 2.92. The van der Waals surface area contributed by atoms with E-state index in [2.05, 4.69) is 0 Å². The number of phenolic OH excluding ortho intramolecular Hbond substituents is 1. The molecule has 2 atom stereocenters. The standard InChI is InChI=1S/C14H18N2O2/c15-12-5-4-9(6-13(12)17)14(18)16-7-10-2-1-3-11(10)8-16/h4-6,10-11,17H,1-3,7-8,15H2. The van der Waals surface area contributed by atoms with E-state index in [-0.39, 0.29) is 11.7 Å². The second kappa shape index (κ2) is 4.19. The summed E-state index contributed by atoms with van der Waals surface area (Å²) in [6, 6.07) is 4.73. The maximum Gasteiger partial charge on any atom is 0.254 e. The minimum Gasteiger partial charge on any atom is -0.506 e. The van der Waals surface area contributed by atoms with Crippen LogP contribution < -0.4 is 5.73 Å². The molecule has 1 saturated carbocycles. The number of phenols is 1. The molecule has 96 valence electrons. The third-order valence-corrected chi connectivity index (χ3v) is 4.29. The summed E-state index contributed by atoms with van der Waals surface area (Å²) in [5, 5.41) is 9.56. The number of hydrogen-bond donors (Lipinski definition) is 2. The van der Waals surface area contributed by atoms with Gasteiger partial charge in [0.2, 0.25) is 0 Å². The first-order valence-electron chi connectivity index (χ1n) is 6.53. The maximum absolute atomic E-state index is 12.3. The summed E-state index contributed by atoms with van der Waals surface area (Å²) >= 11 is 0. The van der Waals surface area contributed by atoms with Crippen molar-refractivity contribution < 1.29 is 9.90 Å². The number of carbonyl (C=O) groups excluding carboxylic acids is 1. The molecule has 3 rings (SSSR count). The lowest BCUT2D eigenvalue weighted by molar-refractivity contribution is 0.0780. The van der Waals surface area contributed by atoms with Crippen molar-refractivity contribution in [2.75, 3.05) is 18.8 Å². The molecular weight excluding hydrogens is 228 g/mol. The Morgan fingerprint density at radius 3 is 2.56 bits per heavy atom. The largest absolute Gasteiger partial charge is 0.506 e. The molecule has 0 aromatic heterocycles. The molecule has 4 nitrogen and oxygen atoms in total. The Morgan fingerprint density at radius 1 is 1.28 bits per heavy atom. The summed E-state index contributed by atoms with van der Waals surface area (Å²) in [6.45, 7) is 1.74. The number of nitrogens with zero attached hydrogens (tertiary/aromatic N) is 1. The number of carbonyl (C=O) groups is 1. The lowest BCUT2D eigenvalue weighted by atomic mass is 10.0.